The van der Waals surface area contributed by atoms with Gasteiger partial charge in [0.15, 0.2) is 6.23 Å². The van der Waals surface area contributed by atoms with E-state index in [4.69, 9.17) is 5.73 Å². The first kappa shape index (κ1) is 9.94. The first-order valence-electron chi connectivity index (χ1n) is 3.44. The van der Waals surface area contributed by atoms with Crippen LogP contribution in [0.3, 0.4) is 0 Å². The highest BCUT2D eigenvalue weighted by Crippen LogP contribution is 2.19. The number of rotatable bonds is 3. The van der Waals surface area contributed by atoms with Crippen molar-refractivity contribution in [1.82, 2.24) is 10.3 Å². The second-order valence-electron chi connectivity index (χ2n) is 2.32. The van der Waals surface area contributed by atoms with Gasteiger partial charge in [-0.2, -0.15) is 0 Å². The zero-order valence-corrected chi connectivity index (χ0v) is 8.15. The van der Waals surface area contributed by atoms with Crippen LogP contribution in [0.5, 0.6) is 0 Å². The number of carbonyl (C=O) groups excluding carboxylic acids is 1. The molecule has 0 radical (unpaired) electrons. The zero-order chi connectivity index (χ0) is 9.84. The molecular weight excluding hydrogens is 238 g/mol. The third-order valence-electron chi connectivity index (χ3n) is 1.40. The van der Waals surface area contributed by atoms with Gasteiger partial charge in [-0.05, 0) is 22.0 Å². The molecule has 1 heterocycles. The quantitative estimate of drug-likeness (QED) is 0.523. The summed E-state index contributed by atoms with van der Waals surface area (Å²) in [5, 5.41) is 11.4. The van der Waals surface area contributed by atoms with Gasteiger partial charge in [0.2, 0.25) is 6.41 Å². The van der Waals surface area contributed by atoms with E-state index in [0.717, 1.165) is 0 Å². The standard InChI is InChI=1S/C7H8BrN3O2/c8-4-1-5(9)6(10-2-4)7(13)11-3-12/h1-3,7,13H,9H2,(H,11,12). The largest absolute Gasteiger partial charge is 0.397 e. The normalized spacial score (nSPS) is 12.2. The number of nitrogens with one attached hydrogen (secondary N) is 1. The van der Waals surface area contributed by atoms with Gasteiger partial charge in [0.05, 0.1) is 5.69 Å². The second kappa shape index (κ2) is 4.20. The van der Waals surface area contributed by atoms with Gasteiger partial charge in [-0.3, -0.25) is 9.78 Å². The van der Waals surface area contributed by atoms with Crippen LogP contribution in [0.1, 0.15) is 11.9 Å². The van der Waals surface area contributed by atoms with E-state index in [9.17, 15) is 9.90 Å². The molecule has 0 saturated carbocycles. The van der Waals surface area contributed by atoms with E-state index in [1.165, 1.54) is 6.20 Å². The van der Waals surface area contributed by atoms with Crippen LogP contribution >= 0.6 is 15.9 Å². The Kier molecular flexibility index (Phi) is 3.21. The SMILES string of the molecule is Nc1cc(Br)cnc1C(O)NC=O. The summed E-state index contributed by atoms with van der Waals surface area (Å²) in [4.78, 5) is 13.9. The maximum Gasteiger partial charge on any atom is 0.209 e. The van der Waals surface area contributed by atoms with E-state index in [0.29, 0.717) is 16.6 Å². The van der Waals surface area contributed by atoms with Crippen LogP contribution in [-0.2, 0) is 4.79 Å². The Bertz CT molecular complexity index is 319. The van der Waals surface area contributed by atoms with Crippen LogP contribution in [0, 0.1) is 0 Å². The molecule has 0 bridgehead atoms. The van der Waals surface area contributed by atoms with Crippen LogP contribution in [-0.4, -0.2) is 16.5 Å². The molecule has 0 aliphatic carbocycles. The molecule has 1 rings (SSSR count). The summed E-state index contributed by atoms with van der Waals surface area (Å²) in [6.45, 7) is 0. The lowest BCUT2D eigenvalue weighted by molar-refractivity contribution is -0.112. The number of amides is 1. The predicted molar refractivity (Wildman–Crippen MR) is 50.5 cm³/mol. The number of hydrogen-bond acceptors (Lipinski definition) is 4. The minimum atomic E-state index is -1.16. The number of halogens is 1. The predicted octanol–water partition coefficient (Wildman–Crippen LogP) is 0.163. The summed E-state index contributed by atoms with van der Waals surface area (Å²) in [6, 6.07) is 1.60. The van der Waals surface area contributed by atoms with Gasteiger partial charge < -0.3 is 16.2 Å². The lowest BCUT2D eigenvalue weighted by atomic mass is 10.3. The van der Waals surface area contributed by atoms with Crippen LogP contribution in [0.2, 0.25) is 0 Å². The average molecular weight is 246 g/mol. The van der Waals surface area contributed by atoms with Gasteiger partial charge in [-0.1, -0.05) is 0 Å². The van der Waals surface area contributed by atoms with E-state index < -0.39 is 6.23 Å². The Morgan fingerprint density at radius 1 is 1.77 bits per heavy atom. The van der Waals surface area contributed by atoms with Crippen molar-refractivity contribution in [2.75, 3.05) is 5.73 Å². The molecule has 4 N–H and O–H groups in total. The highest BCUT2D eigenvalue weighted by Gasteiger charge is 2.10. The molecule has 0 fully saturated rings. The minimum absolute atomic E-state index is 0.232. The summed E-state index contributed by atoms with van der Waals surface area (Å²) >= 11 is 3.17. The molecule has 13 heavy (non-hydrogen) atoms. The molecule has 1 aromatic heterocycles. The molecule has 5 nitrogen and oxygen atoms in total. The summed E-state index contributed by atoms with van der Waals surface area (Å²) < 4.78 is 0.715. The van der Waals surface area contributed by atoms with Crippen molar-refractivity contribution in [2.45, 2.75) is 6.23 Å². The van der Waals surface area contributed by atoms with Gasteiger partial charge in [0, 0.05) is 10.7 Å². The van der Waals surface area contributed by atoms with Crippen molar-refractivity contribution in [3.63, 3.8) is 0 Å². The second-order valence-corrected chi connectivity index (χ2v) is 3.23. The lowest BCUT2D eigenvalue weighted by Crippen LogP contribution is -2.21. The number of aliphatic hydroxyl groups is 1. The van der Waals surface area contributed by atoms with E-state index in [2.05, 4.69) is 26.2 Å². The fraction of sp³-hybridized carbons (Fsp3) is 0.143. The molecule has 0 saturated heterocycles. The number of nitrogens with two attached hydrogens (primary N) is 1. The van der Waals surface area contributed by atoms with E-state index in [-0.39, 0.29) is 5.69 Å². The molecule has 1 amide bonds. The smallest absolute Gasteiger partial charge is 0.209 e. The average Bonchev–Trinajstić information content (AvgIpc) is 2.04. The molecule has 1 aromatic rings. The van der Waals surface area contributed by atoms with E-state index in [1.807, 2.05) is 0 Å². The van der Waals surface area contributed by atoms with Crippen molar-refractivity contribution in [3.8, 4) is 0 Å². The van der Waals surface area contributed by atoms with Gasteiger partial charge in [0.1, 0.15) is 5.69 Å². The highest BCUT2D eigenvalue weighted by molar-refractivity contribution is 9.10. The summed E-state index contributed by atoms with van der Waals surface area (Å²) in [7, 11) is 0. The number of aliphatic hydroxyl groups excluding tert-OH is 1. The molecule has 1 atom stereocenters. The Balaban J connectivity index is 2.94. The Hall–Kier alpha value is -1.14. The number of pyridine rings is 1. The van der Waals surface area contributed by atoms with Crippen molar-refractivity contribution in [3.05, 3.63) is 22.4 Å². The first-order valence-corrected chi connectivity index (χ1v) is 4.23. The minimum Gasteiger partial charge on any atom is -0.397 e. The first-order chi connectivity index (χ1) is 6.15. The third kappa shape index (κ3) is 2.40. The maximum atomic E-state index is 10.0. The molecule has 0 aliphatic rings. The molecule has 1 unspecified atom stereocenters. The summed E-state index contributed by atoms with van der Waals surface area (Å²) in [5.74, 6) is 0. The maximum absolute atomic E-state index is 10.0. The molecule has 0 aromatic carbocycles. The Morgan fingerprint density at radius 2 is 2.46 bits per heavy atom. The van der Waals surface area contributed by atoms with Crippen LogP contribution < -0.4 is 11.1 Å². The summed E-state index contributed by atoms with van der Waals surface area (Å²) in [6.07, 6.45) is 0.709. The van der Waals surface area contributed by atoms with Gasteiger partial charge in [-0.15, -0.1) is 0 Å². The monoisotopic (exact) mass is 245 g/mol. The van der Waals surface area contributed by atoms with Crippen molar-refractivity contribution in [2.24, 2.45) is 0 Å². The lowest BCUT2D eigenvalue weighted by Gasteiger charge is -2.10. The van der Waals surface area contributed by atoms with Crippen LogP contribution in [0.4, 0.5) is 5.69 Å². The molecular formula is C7H8BrN3O2. The van der Waals surface area contributed by atoms with Gasteiger partial charge in [-0.25, -0.2) is 0 Å². The molecule has 6 heteroatoms. The molecule has 0 spiro atoms. The number of aromatic nitrogens is 1. The van der Waals surface area contributed by atoms with Crippen molar-refractivity contribution in [1.29, 1.82) is 0 Å². The van der Waals surface area contributed by atoms with Crippen LogP contribution in [0.15, 0.2) is 16.7 Å². The van der Waals surface area contributed by atoms with E-state index in [1.54, 1.807) is 6.07 Å². The number of anilines is 1. The highest BCUT2D eigenvalue weighted by atomic mass is 79.9. The number of hydrogen-bond donors (Lipinski definition) is 3. The van der Waals surface area contributed by atoms with Gasteiger partial charge >= 0.3 is 0 Å². The molecule has 0 aliphatic heterocycles. The number of nitrogens with zero attached hydrogens (tertiary/aromatic N) is 1. The fourth-order valence-corrected chi connectivity index (χ4v) is 1.19. The topological polar surface area (TPSA) is 88.2 Å². The summed E-state index contributed by atoms with van der Waals surface area (Å²) in [5.41, 5.74) is 6.09. The van der Waals surface area contributed by atoms with Crippen molar-refractivity contribution < 1.29 is 9.90 Å². The van der Waals surface area contributed by atoms with Gasteiger partial charge in [0.25, 0.3) is 0 Å². The van der Waals surface area contributed by atoms with E-state index >= 15 is 0 Å². The van der Waals surface area contributed by atoms with Crippen molar-refractivity contribution >= 4 is 28.0 Å². The number of nitrogen functional groups attached to an aromatic ring is 1. The Morgan fingerprint density at radius 3 is 3.00 bits per heavy atom. The molecule has 70 valence electrons. The number of carbonyl (C=O) groups is 1. The third-order valence-corrected chi connectivity index (χ3v) is 1.83. The fourth-order valence-electron chi connectivity index (χ4n) is 0.837. The van der Waals surface area contributed by atoms with Crippen LogP contribution in [0.25, 0.3) is 0 Å². The zero-order valence-electron chi connectivity index (χ0n) is 6.57. The Labute approximate surface area is 83.1 Å².